The van der Waals surface area contributed by atoms with Crippen molar-refractivity contribution in [2.75, 3.05) is 0 Å². The van der Waals surface area contributed by atoms with Crippen LogP contribution in [0.15, 0.2) is 4.42 Å². The first-order chi connectivity index (χ1) is 41.1. The number of fused-ring (bicyclic) bond motifs is 6. The first kappa shape index (κ1) is 64.0. The number of benzene rings is 8. The highest BCUT2D eigenvalue weighted by molar-refractivity contribution is 6.76. The third kappa shape index (κ3) is 8.64. The monoisotopic (exact) mass is 1040 g/mol. The molecule has 0 amide bonds. The standard InChI is InChI=1S/C51B32N4O/c52-12-1(5-18(58)27(67)20(60)7-8-21(61)28(68)19(59)6(48(8)88-47(5)7)2-15(55)29(69)34(74)30(70)16(2)56)14(54)26(66)22(62)9(12)49-84-50(86-51(85-49)11-23(63)32(72)35(75)33(73)24(11)64)10-13(53)3-4-17(57)31(71)37(77)41(81)45(4)87(44(3)40(80)25(10)65)46-42(82)38(78)36(76)39(79)43(46)83. The molecule has 64 radical (unpaired) electrons. The molecule has 0 aliphatic rings. The summed E-state index contributed by atoms with van der Waals surface area (Å²) in [7, 11) is 214. The Bertz CT molecular complexity index is 5050. The fourth-order valence-electron chi connectivity index (χ4n) is 11.4. The maximum atomic E-state index is 7.35. The summed E-state index contributed by atoms with van der Waals surface area (Å²) in [5.41, 5.74) is -8.32. The Kier molecular flexibility index (Phi) is 16.1. The van der Waals surface area contributed by atoms with Crippen molar-refractivity contribution in [3.8, 4) is 62.1 Å². The highest BCUT2D eigenvalue weighted by Gasteiger charge is 2.32. The molecule has 0 N–H and O–H groups in total. The van der Waals surface area contributed by atoms with Crippen molar-refractivity contribution in [3.05, 3.63) is 0 Å². The van der Waals surface area contributed by atoms with Gasteiger partial charge in [0.05, 0.1) is 0 Å². The van der Waals surface area contributed by atoms with Crippen LogP contribution in [0.2, 0.25) is 0 Å². The summed E-state index contributed by atoms with van der Waals surface area (Å²) < 4.78 is 8.13. The van der Waals surface area contributed by atoms with E-state index < -0.39 is 17.5 Å². The molecule has 0 spiro atoms. The summed E-state index contributed by atoms with van der Waals surface area (Å²) in [6, 6.07) is 0. The first-order valence-corrected chi connectivity index (χ1v) is 25.4. The highest BCUT2D eigenvalue weighted by Crippen LogP contribution is 2.36. The summed E-state index contributed by atoms with van der Waals surface area (Å²) in [4.78, 5) is 14.5. The van der Waals surface area contributed by atoms with E-state index in [1.807, 2.05) is 0 Å². The van der Waals surface area contributed by atoms with Gasteiger partial charge in [-0.15, -0.1) is 76.5 Å². The van der Waals surface area contributed by atoms with Gasteiger partial charge in [-0.1, -0.05) is 98.3 Å². The first-order valence-electron chi connectivity index (χ1n) is 25.4. The van der Waals surface area contributed by atoms with Crippen LogP contribution < -0.4 is 175 Å². The molecule has 88 heavy (non-hydrogen) atoms. The molecule has 8 aromatic carbocycles. The lowest BCUT2D eigenvalue weighted by Crippen LogP contribution is -2.56. The van der Waals surface area contributed by atoms with Crippen LogP contribution in [0.4, 0.5) is 0 Å². The summed E-state index contributed by atoms with van der Waals surface area (Å²) in [6.45, 7) is 0. The molecule has 11 aromatic rings. The summed E-state index contributed by atoms with van der Waals surface area (Å²) >= 11 is 0. The maximum Gasteiger partial charge on any atom is 0.162 e. The average Bonchev–Trinajstić information content (AvgIpc) is 1.52. The van der Waals surface area contributed by atoms with Crippen molar-refractivity contribution in [1.82, 2.24) is 19.5 Å². The maximum absolute atomic E-state index is 7.35. The second kappa shape index (κ2) is 22.1. The average molecular weight is 1030 g/mol. The van der Waals surface area contributed by atoms with Gasteiger partial charge in [0.25, 0.3) is 0 Å². The van der Waals surface area contributed by atoms with Gasteiger partial charge >= 0.3 is 0 Å². The molecule has 326 valence electrons. The van der Waals surface area contributed by atoms with E-state index in [4.69, 9.17) is 270 Å². The second-order valence-electron chi connectivity index (χ2n) is 20.8. The third-order valence-electron chi connectivity index (χ3n) is 16.3. The molecule has 37 heteroatoms. The predicted octanol–water partition coefficient (Wildman–Crippen LogP) is -25.4. The zero-order valence-electron chi connectivity index (χ0n) is 46.2. The highest BCUT2D eigenvalue weighted by atomic mass is 16.3. The van der Waals surface area contributed by atoms with E-state index in [1.165, 1.54) is 4.57 Å². The van der Waals surface area contributed by atoms with E-state index in [1.54, 1.807) is 0 Å². The molecule has 0 aliphatic carbocycles. The van der Waals surface area contributed by atoms with Gasteiger partial charge in [0.15, 0.2) is 17.5 Å². The van der Waals surface area contributed by atoms with Crippen molar-refractivity contribution in [2.24, 2.45) is 0 Å². The summed E-state index contributed by atoms with van der Waals surface area (Å²) in [6.07, 6.45) is 0. The number of furan rings is 1. The molecule has 0 atom stereocenters. The minimum atomic E-state index is -0.441. The van der Waals surface area contributed by atoms with Crippen LogP contribution in [0.1, 0.15) is 0 Å². The van der Waals surface area contributed by atoms with Crippen LogP contribution in [0.3, 0.4) is 0 Å². The van der Waals surface area contributed by atoms with Crippen LogP contribution in [0.5, 0.6) is 0 Å². The minimum Gasteiger partial charge on any atom is -0.455 e. The number of nitrogens with zero attached hydrogens (tertiary/aromatic N) is 4. The fourth-order valence-corrected chi connectivity index (χ4v) is 11.4. The second-order valence-corrected chi connectivity index (χ2v) is 20.8. The van der Waals surface area contributed by atoms with E-state index in [-0.39, 0.29) is 263 Å². The molecule has 0 bridgehead atoms. The van der Waals surface area contributed by atoms with Gasteiger partial charge < -0.3 is 8.98 Å². The summed E-state index contributed by atoms with van der Waals surface area (Å²) in [5, 5.41) is 0.0586. The lowest BCUT2D eigenvalue weighted by Gasteiger charge is -2.26. The number of hydrogen-bond donors (Lipinski definition) is 0. The molecule has 0 aliphatic heterocycles. The van der Waals surface area contributed by atoms with Gasteiger partial charge in [0.2, 0.25) is 0 Å². The SMILES string of the molecule is [B]c1c([B])c([B])c(-c2nc(-c3c([B])c([B])c([B])c(-c4c([B])c([B])c([B])c5c4oc4c(-c6c([B])c([B])c([B])c([B])c6[B])c([B])c([B])c([B])c45)c3[B])nc(-c3c([B])c([B])c4c(c3[B])c3c([B])c([B])c([B])c([B])c3n4-c3c([B])c([B])c([B])c([B])c3[B])n2)c([B])c1[B]. The Balaban J connectivity index is 1.30. The Morgan fingerprint density at radius 1 is 0.182 bits per heavy atom. The van der Waals surface area contributed by atoms with Gasteiger partial charge in [0.1, 0.15) is 262 Å². The van der Waals surface area contributed by atoms with Crippen molar-refractivity contribution in [2.45, 2.75) is 0 Å². The van der Waals surface area contributed by atoms with E-state index in [0.29, 0.717) is 0 Å². The van der Waals surface area contributed by atoms with E-state index in [9.17, 15) is 0 Å². The van der Waals surface area contributed by atoms with Crippen LogP contribution in [-0.4, -0.2) is 271 Å². The summed E-state index contributed by atoms with van der Waals surface area (Å²) in [5.74, 6) is -1.25. The minimum absolute atomic E-state index is 0.00136. The molecule has 0 unspecified atom stereocenters. The van der Waals surface area contributed by atoms with E-state index in [2.05, 4.69) is 0 Å². The van der Waals surface area contributed by atoms with Gasteiger partial charge in [0, 0.05) is 60.7 Å². The van der Waals surface area contributed by atoms with Gasteiger partial charge in [-0.05, 0) is 16.5 Å². The van der Waals surface area contributed by atoms with Crippen LogP contribution >= 0.6 is 0 Å². The van der Waals surface area contributed by atoms with Crippen molar-refractivity contribution in [1.29, 1.82) is 0 Å². The quantitative estimate of drug-likeness (QED) is 0.156. The Hall–Kier alpha value is -5.55. The molecular formula is C51B32N4O. The van der Waals surface area contributed by atoms with Gasteiger partial charge in [-0.25, -0.2) is 15.0 Å². The van der Waals surface area contributed by atoms with E-state index >= 15 is 0 Å². The lowest BCUT2D eigenvalue weighted by molar-refractivity contribution is 0.672. The fraction of sp³-hybridized carbons (Fsp3) is 0. The Labute approximate surface area is 551 Å². The molecule has 0 saturated carbocycles. The number of rotatable bonds is 6. The van der Waals surface area contributed by atoms with Gasteiger partial charge in [-0.2, -0.15) is 0 Å². The third-order valence-corrected chi connectivity index (χ3v) is 16.3. The van der Waals surface area contributed by atoms with Crippen molar-refractivity contribution in [3.63, 3.8) is 0 Å². The van der Waals surface area contributed by atoms with E-state index in [0.717, 1.165) is 0 Å². The molecular weight excluding hydrogens is 1030 g/mol. The predicted molar refractivity (Wildman–Crippen MR) is 401 cm³/mol. The largest absolute Gasteiger partial charge is 0.455 e. The lowest BCUT2D eigenvalue weighted by atomic mass is 9.58. The Morgan fingerprint density at radius 2 is 0.398 bits per heavy atom. The molecule has 0 saturated heterocycles. The van der Waals surface area contributed by atoms with Crippen molar-refractivity contribution < 1.29 is 4.42 Å². The zero-order valence-corrected chi connectivity index (χ0v) is 46.2. The number of hydrogen-bond acceptors (Lipinski definition) is 4. The van der Waals surface area contributed by atoms with Crippen LogP contribution in [-0.2, 0) is 0 Å². The van der Waals surface area contributed by atoms with Crippen molar-refractivity contribution >= 4 is 470 Å². The number of aromatic nitrogens is 4. The molecule has 5 nitrogen and oxygen atoms in total. The zero-order chi connectivity index (χ0) is 64.9. The molecule has 3 aromatic heterocycles. The topological polar surface area (TPSA) is 56.7 Å². The normalized spacial score (nSPS) is 11.7. The van der Waals surface area contributed by atoms with Crippen LogP contribution in [0, 0.1) is 0 Å². The molecule has 3 heterocycles. The van der Waals surface area contributed by atoms with Crippen LogP contribution in [0.25, 0.3) is 106 Å². The smallest absolute Gasteiger partial charge is 0.162 e. The van der Waals surface area contributed by atoms with Gasteiger partial charge in [-0.3, -0.25) is 0 Å². The Morgan fingerprint density at radius 3 is 0.784 bits per heavy atom. The molecule has 0 fully saturated rings. The molecule has 11 rings (SSSR count).